The van der Waals surface area contributed by atoms with Gasteiger partial charge in [-0.25, -0.2) is 0 Å². The van der Waals surface area contributed by atoms with E-state index in [4.69, 9.17) is 5.73 Å². The SMILES string of the molecule is C=CC1(C(C)/C(=C\N)CCC2=CC(C)=CCC2)C=CC(C)C1(C=C(C)C)C(C)(C)C. The van der Waals surface area contributed by atoms with Gasteiger partial charge in [-0.3, -0.25) is 0 Å². The maximum absolute atomic E-state index is 6.26. The van der Waals surface area contributed by atoms with Crippen LogP contribution in [-0.4, -0.2) is 0 Å². The van der Waals surface area contributed by atoms with Crippen molar-refractivity contribution in [3.05, 3.63) is 71.5 Å². The first kappa shape index (κ1) is 24.5. The van der Waals surface area contributed by atoms with Crippen molar-refractivity contribution in [2.45, 2.75) is 81.1 Å². The van der Waals surface area contributed by atoms with Crippen LogP contribution in [0.1, 0.15) is 81.1 Å². The van der Waals surface area contributed by atoms with Gasteiger partial charge in [0, 0.05) is 10.8 Å². The molecular formula is C29H45N. The van der Waals surface area contributed by atoms with Gasteiger partial charge in [-0.15, -0.1) is 6.58 Å². The van der Waals surface area contributed by atoms with Crippen molar-refractivity contribution in [2.24, 2.45) is 33.8 Å². The van der Waals surface area contributed by atoms with Crippen LogP contribution in [0.4, 0.5) is 0 Å². The third-order valence-corrected chi connectivity index (χ3v) is 7.78. The highest BCUT2D eigenvalue weighted by atomic mass is 14.6. The van der Waals surface area contributed by atoms with E-state index >= 15 is 0 Å². The molecule has 2 rings (SSSR count). The molecular weight excluding hydrogens is 362 g/mol. The summed E-state index contributed by atoms with van der Waals surface area (Å²) in [5, 5.41) is 0. The molecule has 0 aromatic rings. The second-order valence-electron chi connectivity index (χ2n) is 10.9. The van der Waals surface area contributed by atoms with E-state index in [2.05, 4.69) is 98.4 Å². The largest absolute Gasteiger partial charge is 0.405 e. The Hall–Kier alpha value is -1.76. The predicted molar refractivity (Wildman–Crippen MR) is 134 cm³/mol. The summed E-state index contributed by atoms with van der Waals surface area (Å²) in [6, 6.07) is 0. The lowest BCUT2D eigenvalue weighted by molar-refractivity contribution is 0.000703. The minimum Gasteiger partial charge on any atom is -0.405 e. The van der Waals surface area contributed by atoms with E-state index in [-0.39, 0.29) is 22.2 Å². The summed E-state index contributed by atoms with van der Waals surface area (Å²) in [6.45, 7) is 22.9. The molecule has 0 bridgehead atoms. The van der Waals surface area contributed by atoms with Crippen LogP contribution in [0, 0.1) is 28.1 Å². The summed E-state index contributed by atoms with van der Waals surface area (Å²) < 4.78 is 0. The molecule has 4 atom stereocenters. The molecule has 166 valence electrons. The first-order chi connectivity index (χ1) is 13.9. The maximum atomic E-state index is 6.26. The van der Waals surface area contributed by atoms with Crippen LogP contribution in [0.15, 0.2) is 71.5 Å². The van der Waals surface area contributed by atoms with Crippen molar-refractivity contribution < 1.29 is 0 Å². The fraction of sp³-hybridized carbons (Fsp3) is 0.586. The van der Waals surface area contributed by atoms with Crippen molar-refractivity contribution in [1.82, 2.24) is 0 Å². The lowest BCUT2D eigenvalue weighted by Crippen LogP contribution is -2.51. The topological polar surface area (TPSA) is 26.0 Å². The molecule has 1 heteroatoms. The van der Waals surface area contributed by atoms with Crippen molar-refractivity contribution in [1.29, 1.82) is 0 Å². The molecule has 4 unspecified atom stereocenters. The Kier molecular flexibility index (Phi) is 7.49. The van der Waals surface area contributed by atoms with E-state index < -0.39 is 0 Å². The fourth-order valence-electron chi connectivity index (χ4n) is 6.36. The number of hydrogen-bond donors (Lipinski definition) is 1. The van der Waals surface area contributed by atoms with Gasteiger partial charge in [0.1, 0.15) is 0 Å². The number of nitrogens with two attached hydrogens (primary N) is 1. The smallest absolute Gasteiger partial charge is 0.0224 e. The van der Waals surface area contributed by atoms with E-state index in [0.717, 1.165) is 12.8 Å². The molecule has 0 saturated carbocycles. The summed E-state index contributed by atoms with van der Waals surface area (Å²) in [5.41, 5.74) is 11.8. The van der Waals surface area contributed by atoms with E-state index in [1.807, 2.05) is 6.20 Å². The highest BCUT2D eigenvalue weighted by Crippen LogP contribution is 2.66. The fourth-order valence-corrected chi connectivity index (χ4v) is 6.36. The number of rotatable bonds is 7. The van der Waals surface area contributed by atoms with Crippen LogP contribution in [0.5, 0.6) is 0 Å². The van der Waals surface area contributed by atoms with Gasteiger partial charge in [-0.2, -0.15) is 0 Å². The Morgan fingerprint density at radius 1 is 1.33 bits per heavy atom. The molecule has 0 spiro atoms. The molecule has 0 heterocycles. The van der Waals surface area contributed by atoms with Gasteiger partial charge in [-0.05, 0) is 69.9 Å². The van der Waals surface area contributed by atoms with E-state index in [1.165, 1.54) is 29.6 Å². The molecule has 0 amide bonds. The Balaban J connectivity index is 2.47. The Morgan fingerprint density at radius 2 is 2.00 bits per heavy atom. The summed E-state index contributed by atoms with van der Waals surface area (Å²) in [5.74, 6) is 0.720. The normalized spacial score (nSPS) is 30.5. The van der Waals surface area contributed by atoms with Crippen LogP contribution in [0.2, 0.25) is 0 Å². The molecule has 0 aromatic heterocycles. The summed E-state index contributed by atoms with van der Waals surface area (Å²) in [6.07, 6.45) is 20.6. The molecule has 0 aliphatic heterocycles. The Labute approximate surface area is 186 Å². The van der Waals surface area contributed by atoms with E-state index in [1.54, 1.807) is 5.57 Å². The average molecular weight is 408 g/mol. The minimum absolute atomic E-state index is 0.0440. The van der Waals surface area contributed by atoms with E-state index in [9.17, 15) is 0 Å². The molecule has 1 nitrogen and oxygen atoms in total. The third-order valence-electron chi connectivity index (χ3n) is 7.78. The lowest BCUT2D eigenvalue weighted by Gasteiger charge is -2.57. The van der Waals surface area contributed by atoms with Gasteiger partial charge in [-0.1, -0.05) is 93.4 Å². The quantitative estimate of drug-likeness (QED) is 0.422. The molecule has 0 saturated heterocycles. The molecule has 2 aliphatic carbocycles. The first-order valence-corrected chi connectivity index (χ1v) is 11.7. The zero-order valence-corrected chi connectivity index (χ0v) is 20.8. The monoisotopic (exact) mass is 407 g/mol. The van der Waals surface area contributed by atoms with E-state index in [0.29, 0.717) is 5.92 Å². The molecule has 0 radical (unpaired) electrons. The molecule has 0 aromatic carbocycles. The van der Waals surface area contributed by atoms with Crippen molar-refractivity contribution in [3.8, 4) is 0 Å². The highest BCUT2D eigenvalue weighted by Gasteiger charge is 2.60. The Bertz CT molecular complexity index is 791. The standard InChI is InChI=1S/C29H45N/c1-10-28(17-16-23(5)29(28,19-21(2)3)27(7,8)9)24(6)26(20-30)15-14-25-13-11-12-22(4)18-25/h10,12,16-20,23-24H,1,11,13-15,30H2,2-9H3/b26-20-. The molecule has 30 heavy (non-hydrogen) atoms. The maximum Gasteiger partial charge on any atom is 0.0224 e. The summed E-state index contributed by atoms with van der Waals surface area (Å²) in [7, 11) is 0. The molecule has 2 aliphatic rings. The number of allylic oxidation sites excluding steroid dienone is 10. The minimum atomic E-state index is -0.163. The van der Waals surface area contributed by atoms with Gasteiger partial charge in [0.15, 0.2) is 0 Å². The van der Waals surface area contributed by atoms with Crippen molar-refractivity contribution in [2.75, 3.05) is 0 Å². The van der Waals surface area contributed by atoms with Crippen LogP contribution in [0.3, 0.4) is 0 Å². The Morgan fingerprint density at radius 3 is 2.50 bits per heavy atom. The van der Waals surface area contributed by atoms with Crippen LogP contribution >= 0.6 is 0 Å². The predicted octanol–water partition coefficient (Wildman–Crippen LogP) is 8.29. The first-order valence-electron chi connectivity index (χ1n) is 11.7. The zero-order chi connectivity index (χ0) is 22.7. The van der Waals surface area contributed by atoms with Crippen molar-refractivity contribution >= 4 is 0 Å². The van der Waals surface area contributed by atoms with Crippen LogP contribution in [-0.2, 0) is 0 Å². The van der Waals surface area contributed by atoms with Crippen molar-refractivity contribution in [3.63, 3.8) is 0 Å². The summed E-state index contributed by atoms with van der Waals surface area (Å²) in [4.78, 5) is 0. The van der Waals surface area contributed by atoms with Crippen LogP contribution in [0.25, 0.3) is 0 Å². The average Bonchev–Trinajstić information content (AvgIpc) is 2.95. The van der Waals surface area contributed by atoms with Gasteiger partial charge in [0.2, 0.25) is 0 Å². The van der Waals surface area contributed by atoms with Gasteiger partial charge in [0.25, 0.3) is 0 Å². The lowest BCUT2D eigenvalue weighted by atomic mass is 9.46. The zero-order valence-electron chi connectivity index (χ0n) is 20.8. The third kappa shape index (κ3) is 4.18. The number of hydrogen-bond acceptors (Lipinski definition) is 1. The second kappa shape index (κ2) is 9.16. The summed E-state index contributed by atoms with van der Waals surface area (Å²) >= 11 is 0. The molecule has 2 N–H and O–H groups in total. The molecule has 0 fully saturated rings. The van der Waals surface area contributed by atoms with Gasteiger partial charge >= 0.3 is 0 Å². The van der Waals surface area contributed by atoms with Gasteiger partial charge < -0.3 is 5.73 Å². The van der Waals surface area contributed by atoms with Gasteiger partial charge in [0.05, 0.1) is 0 Å². The van der Waals surface area contributed by atoms with Crippen LogP contribution < -0.4 is 5.73 Å². The second-order valence-corrected chi connectivity index (χ2v) is 10.9. The highest BCUT2D eigenvalue weighted by molar-refractivity contribution is 5.39.